The maximum atomic E-state index is 12.9. The van der Waals surface area contributed by atoms with Gasteiger partial charge in [0.2, 0.25) is 10.0 Å². The van der Waals surface area contributed by atoms with Gasteiger partial charge in [-0.2, -0.15) is 4.31 Å². The number of para-hydroxylation sites is 1. The van der Waals surface area contributed by atoms with Crippen molar-refractivity contribution in [2.45, 2.75) is 11.8 Å². The molecule has 1 saturated heterocycles. The van der Waals surface area contributed by atoms with Gasteiger partial charge in [0.05, 0.1) is 16.0 Å². The zero-order chi connectivity index (χ0) is 17.9. The van der Waals surface area contributed by atoms with Crippen LogP contribution in [0.1, 0.15) is 6.92 Å². The summed E-state index contributed by atoms with van der Waals surface area (Å²) in [6.07, 6.45) is 0. The van der Waals surface area contributed by atoms with Crippen LogP contribution >= 0.6 is 15.9 Å². The van der Waals surface area contributed by atoms with E-state index < -0.39 is 10.0 Å². The monoisotopic (exact) mass is 424 g/mol. The summed E-state index contributed by atoms with van der Waals surface area (Å²) >= 11 is 3.39. The third-order valence-electron chi connectivity index (χ3n) is 4.20. The number of nitrogens with zero attached hydrogens (tertiary/aromatic N) is 2. The summed E-state index contributed by atoms with van der Waals surface area (Å²) in [6.45, 7) is 4.65. The van der Waals surface area contributed by atoms with Crippen LogP contribution in [0, 0.1) is 0 Å². The van der Waals surface area contributed by atoms with Gasteiger partial charge in [-0.3, -0.25) is 0 Å². The second-order valence-corrected chi connectivity index (χ2v) is 8.54. The van der Waals surface area contributed by atoms with Gasteiger partial charge in [-0.15, -0.1) is 0 Å². The van der Waals surface area contributed by atoms with E-state index in [1.165, 1.54) is 0 Å². The van der Waals surface area contributed by atoms with Crippen molar-refractivity contribution in [2.75, 3.05) is 37.7 Å². The van der Waals surface area contributed by atoms with Crippen LogP contribution in [0.3, 0.4) is 0 Å². The van der Waals surface area contributed by atoms with Crippen LogP contribution in [0.2, 0.25) is 0 Å². The maximum absolute atomic E-state index is 12.9. The van der Waals surface area contributed by atoms with Gasteiger partial charge >= 0.3 is 0 Å². The molecule has 2 aromatic carbocycles. The quantitative estimate of drug-likeness (QED) is 0.738. The Kier molecular flexibility index (Phi) is 5.66. The summed E-state index contributed by atoms with van der Waals surface area (Å²) in [5.74, 6) is 0.548. The molecule has 0 N–H and O–H groups in total. The number of hydrogen-bond donors (Lipinski definition) is 0. The van der Waals surface area contributed by atoms with Crippen molar-refractivity contribution in [1.82, 2.24) is 4.31 Å². The van der Waals surface area contributed by atoms with Crippen LogP contribution in [-0.2, 0) is 10.0 Å². The highest BCUT2D eigenvalue weighted by atomic mass is 79.9. The molecule has 0 aliphatic carbocycles. The molecule has 1 heterocycles. The minimum atomic E-state index is -3.52. The predicted octanol–water partition coefficient (Wildman–Crippen LogP) is 3.36. The number of anilines is 1. The van der Waals surface area contributed by atoms with E-state index in [1.807, 2.05) is 37.3 Å². The highest BCUT2D eigenvalue weighted by Crippen LogP contribution is 2.30. The van der Waals surface area contributed by atoms with Crippen molar-refractivity contribution < 1.29 is 13.2 Å². The summed E-state index contributed by atoms with van der Waals surface area (Å²) in [7, 11) is -3.52. The van der Waals surface area contributed by atoms with Gasteiger partial charge in [0, 0.05) is 37.9 Å². The average molecular weight is 425 g/mol. The third kappa shape index (κ3) is 3.99. The Morgan fingerprint density at radius 3 is 2.36 bits per heavy atom. The molecule has 5 nitrogen and oxygen atoms in total. The van der Waals surface area contributed by atoms with Crippen LogP contribution in [0.15, 0.2) is 57.9 Å². The Morgan fingerprint density at radius 2 is 1.72 bits per heavy atom. The predicted molar refractivity (Wildman–Crippen MR) is 103 cm³/mol. The van der Waals surface area contributed by atoms with E-state index in [-0.39, 0.29) is 4.90 Å². The molecule has 0 unspecified atom stereocenters. The molecule has 3 rings (SSSR count). The Morgan fingerprint density at radius 1 is 1.04 bits per heavy atom. The van der Waals surface area contributed by atoms with Crippen molar-refractivity contribution in [2.24, 2.45) is 0 Å². The topological polar surface area (TPSA) is 49.9 Å². The summed E-state index contributed by atoms with van der Waals surface area (Å²) in [6, 6.07) is 15.0. The molecule has 25 heavy (non-hydrogen) atoms. The van der Waals surface area contributed by atoms with Gasteiger partial charge in [-0.25, -0.2) is 8.42 Å². The summed E-state index contributed by atoms with van der Waals surface area (Å²) < 4.78 is 33.7. The first kappa shape index (κ1) is 18.2. The van der Waals surface area contributed by atoms with E-state index in [9.17, 15) is 8.42 Å². The van der Waals surface area contributed by atoms with Gasteiger partial charge in [0.1, 0.15) is 5.75 Å². The van der Waals surface area contributed by atoms with E-state index in [2.05, 4.69) is 20.8 Å². The molecule has 0 atom stereocenters. The molecule has 1 aliphatic rings. The van der Waals surface area contributed by atoms with E-state index in [1.54, 1.807) is 22.5 Å². The zero-order valence-electron chi connectivity index (χ0n) is 14.1. The fourth-order valence-corrected chi connectivity index (χ4v) is 4.68. The first-order valence-electron chi connectivity index (χ1n) is 8.25. The minimum absolute atomic E-state index is 0.271. The van der Waals surface area contributed by atoms with Crippen LogP contribution in [0.25, 0.3) is 0 Å². The van der Waals surface area contributed by atoms with E-state index in [4.69, 9.17) is 4.74 Å². The van der Waals surface area contributed by atoms with E-state index in [0.29, 0.717) is 38.5 Å². The number of piperazine rings is 1. The molecular formula is C18H21BrN2O3S. The van der Waals surface area contributed by atoms with Crippen LogP contribution in [-0.4, -0.2) is 45.5 Å². The smallest absolute Gasteiger partial charge is 0.243 e. The molecule has 134 valence electrons. The van der Waals surface area contributed by atoms with Gasteiger partial charge < -0.3 is 9.64 Å². The number of rotatable bonds is 5. The lowest BCUT2D eigenvalue weighted by Gasteiger charge is -2.35. The Hall–Kier alpha value is -1.57. The van der Waals surface area contributed by atoms with Gasteiger partial charge in [0.25, 0.3) is 0 Å². The third-order valence-corrected chi connectivity index (χ3v) is 6.75. The molecular weight excluding hydrogens is 404 g/mol. The molecule has 0 radical (unpaired) electrons. The summed E-state index contributed by atoms with van der Waals surface area (Å²) in [5.41, 5.74) is 1.13. The lowest BCUT2D eigenvalue weighted by Crippen LogP contribution is -2.48. The maximum Gasteiger partial charge on any atom is 0.243 e. The molecule has 1 fully saturated rings. The molecule has 2 aromatic rings. The van der Waals surface area contributed by atoms with Crippen molar-refractivity contribution in [3.05, 3.63) is 53.0 Å². The summed E-state index contributed by atoms with van der Waals surface area (Å²) in [4.78, 5) is 2.48. The summed E-state index contributed by atoms with van der Waals surface area (Å²) in [5, 5.41) is 0. The Labute approximate surface area is 157 Å². The standard InChI is InChI=1S/C18H21BrN2O3S/c1-2-24-18-14-16(8-9-17(18)19)25(22,23)21-12-10-20(11-13-21)15-6-4-3-5-7-15/h3-9,14H,2,10-13H2,1H3. The molecule has 0 amide bonds. The Bertz CT molecular complexity index is 819. The zero-order valence-corrected chi connectivity index (χ0v) is 16.5. The van der Waals surface area contributed by atoms with Gasteiger partial charge in [0.15, 0.2) is 0 Å². The van der Waals surface area contributed by atoms with Crippen molar-refractivity contribution >= 4 is 31.6 Å². The number of sulfonamides is 1. The molecule has 7 heteroatoms. The molecule has 0 spiro atoms. The highest BCUT2D eigenvalue weighted by molar-refractivity contribution is 9.10. The molecule has 1 aliphatic heterocycles. The van der Waals surface area contributed by atoms with Gasteiger partial charge in [-0.1, -0.05) is 18.2 Å². The second kappa shape index (κ2) is 7.76. The van der Waals surface area contributed by atoms with Crippen LogP contribution in [0.4, 0.5) is 5.69 Å². The van der Waals surface area contributed by atoms with Gasteiger partial charge in [-0.05, 0) is 47.1 Å². The SMILES string of the molecule is CCOc1cc(S(=O)(=O)N2CCN(c3ccccc3)CC2)ccc1Br. The molecule has 0 aromatic heterocycles. The molecule has 0 saturated carbocycles. The number of benzene rings is 2. The fourth-order valence-electron chi connectivity index (χ4n) is 2.88. The lowest BCUT2D eigenvalue weighted by atomic mass is 10.2. The number of ether oxygens (including phenoxy) is 1. The second-order valence-electron chi connectivity index (χ2n) is 5.75. The Balaban J connectivity index is 1.75. The number of halogens is 1. The first-order valence-corrected chi connectivity index (χ1v) is 10.5. The molecule has 0 bridgehead atoms. The lowest BCUT2D eigenvalue weighted by molar-refractivity contribution is 0.336. The minimum Gasteiger partial charge on any atom is -0.493 e. The van der Waals surface area contributed by atoms with E-state index >= 15 is 0 Å². The van der Waals surface area contributed by atoms with Crippen LogP contribution < -0.4 is 9.64 Å². The van der Waals surface area contributed by atoms with Crippen LogP contribution in [0.5, 0.6) is 5.75 Å². The first-order chi connectivity index (χ1) is 12.0. The van der Waals surface area contributed by atoms with E-state index in [0.717, 1.165) is 10.2 Å². The van der Waals surface area contributed by atoms with Crippen molar-refractivity contribution in [3.8, 4) is 5.75 Å². The normalized spacial score (nSPS) is 16.0. The highest BCUT2D eigenvalue weighted by Gasteiger charge is 2.29. The van der Waals surface area contributed by atoms with Crippen molar-refractivity contribution in [1.29, 1.82) is 0 Å². The fraction of sp³-hybridized carbons (Fsp3) is 0.333. The number of hydrogen-bond acceptors (Lipinski definition) is 4. The largest absolute Gasteiger partial charge is 0.493 e. The average Bonchev–Trinajstić information content (AvgIpc) is 2.64. The van der Waals surface area contributed by atoms with Crippen molar-refractivity contribution in [3.63, 3.8) is 0 Å².